The van der Waals surface area contributed by atoms with Gasteiger partial charge in [0.15, 0.2) is 0 Å². The average Bonchev–Trinajstić information content (AvgIpc) is 3.44. The van der Waals surface area contributed by atoms with E-state index in [1.807, 2.05) is 4.90 Å². The summed E-state index contributed by atoms with van der Waals surface area (Å²) in [6, 6.07) is 17.1. The Morgan fingerprint density at radius 1 is 1.04 bits per heavy atom. The van der Waals surface area contributed by atoms with Crippen molar-refractivity contribution >= 4 is 17.4 Å². The third-order valence-electron chi connectivity index (χ3n) is 5.72. The lowest BCUT2D eigenvalue weighted by Gasteiger charge is -2.31. The van der Waals surface area contributed by atoms with Gasteiger partial charge in [0.05, 0.1) is 17.9 Å². The standard InChI is InChI=1S/C22H23N3OS/c26-22(23-17-8-2-3-9-17)25-15-16-7-1-4-10-18(16)24-13-5-11-19(24)21(25)20-12-6-14-27-20/h1,4-7,10-14,17,21H,2-3,8-9,15H2,(H,23,26)/t21-/m1/s1. The number of nitrogens with zero attached hydrogens (tertiary/aromatic N) is 2. The van der Waals surface area contributed by atoms with E-state index >= 15 is 0 Å². The molecule has 4 nitrogen and oxygen atoms in total. The van der Waals surface area contributed by atoms with E-state index in [1.54, 1.807) is 11.3 Å². The smallest absolute Gasteiger partial charge is 0.318 e. The summed E-state index contributed by atoms with van der Waals surface area (Å²) in [5.41, 5.74) is 3.48. The van der Waals surface area contributed by atoms with Crippen molar-refractivity contribution in [1.82, 2.24) is 14.8 Å². The molecule has 2 aliphatic rings. The highest BCUT2D eigenvalue weighted by Crippen LogP contribution is 2.38. The molecule has 3 heterocycles. The molecular weight excluding hydrogens is 354 g/mol. The van der Waals surface area contributed by atoms with Crippen LogP contribution in [0.1, 0.15) is 47.9 Å². The number of carbonyl (C=O) groups excluding carboxylic acids is 1. The van der Waals surface area contributed by atoms with E-state index in [0.717, 1.165) is 24.2 Å². The molecule has 27 heavy (non-hydrogen) atoms. The number of nitrogens with one attached hydrogen (secondary N) is 1. The first-order chi connectivity index (χ1) is 13.3. The van der Waals surface area contributed by atoms with E-state index in [4.69, 9.17) is 0 Å². The van der Waals surface area contributed by atoms with Crippen LogP contribution in [0.3, 0.4) is 0 Å². The SMILES string of the molecule is O=C(NC1CCCC1)N1Cc2ccccc2-n2cccc2[C@@H]1c1cccs1. The van der Waals surface area contributed by atoms with Crippen LogP contribution in [0.25, 0.3) is 5.69 Å². The molecule has 3 aromatic rings. The van der Waals surface area contributed by atoms with Gasteiger partial charge in [-0.15, -0.1) is 11.3 Å². The van der Waals surface area contributed by atoms with Crippen molar-refractivity contribution in [2.45, 2.75) is 44.3 Å². The number of urea groups is 1. The zero-order valence-corrected chi connectivity index (χ0v) is 16.0. The molecule has 1 saturated carbocycles. The van der Waals surface area contributed by atoms with Crippen molar-refractivity contribution < 1.29 is 4.79 Å². The Bertz CT molecular complexity index is 940. The molecule has 1 atom stereocenters. The molecule has 0 unspecified atom stereocenters. The number of para-hydroxylation sites is 1. The molecule has 138 valence electrons. The van der Waals surface area contributed by atoms with E-state index < -0.39 is 0 Å². The quantitative estimate of drug-likeness (QED) is 0.663. The topological polar surface area (TPSA) is 37.3 Å². The van der Waals surface area contributed by atoms with Gasteiger partial charge >= 0.3 is 6.03 Å². The van der Waals surface area contributed by atoms with Gasteiger partial charge in [-0.2, -0.15) is 0 Å². The fraction of sp³-hybridized carbons (Fsp3) is 0.318. The van der Waals surface area contributed by atoms with Crippen LogP contribution in [0.2, 0.25) is 0 Å². The molecule has 0 spiro atoms. The summed E-state index contributed by atoms with van der Waals surface area (Å²) in [7, 11) is 0. The highest BCUT2D eigenvalue weighted by molar-refractivity contribution is 7.10. The Balaban J connectivity index is 1.60. The van der Waals surface area contributed by atoms with Crippen LogP contribution in [-0.2, 0) is 6.54 Å². The molecule has 0 saturated heterocycles. The second-order valence-corrected chi connectivity index (χ2v) is 8.39. The van der Waals surface area contributed by atoms with Crippen LogP contribution in [-0.4, -0.2) is 21.5 Å². The van der Waals surface area contributed by atoms with Gasteiger partial charge in [-0.1, -0.05) is 37.1 Å². The Kier molecular flexibility index (Phi) is 4.24. The molecule has 1 fully saturated rings. The monoisotopic (exact) mass is 377 g/mol. The summed E-state index contributed by atoms with van der Waals surface area (Å²) in [6.07, 6.45) is 6.72. The summed E-state index contributed by atoms with van der Waals surface area (Å²) >= 11 is 1.71. The maximum absolute atomic E-state index is 13.4. The minimum absolute atomic E-state index is 0.0461. The van der Waals surface area contributed by atoms with Gasteiger partial charge in [-0.05, 0) is 48.1 Å². The van der Waals surface area contributed by atoms with E-state index in [2.05, 4.69) is 70.0 Å². The fourth-order valence-corrected chi connectivity index (χ4v) is 5.26. The summed E-state index contributed by atoms with van der Waals surface area (Å²) in [5.74, 6) is 0. The lowest BCUT2D eigenvalue weighted by molar-refractivity contribution is 0.177. The summed E-state index contributed by atoms with van der Waals surface area (Å²) in [6.45, 7) is 0.610. The summed E-state index contributed by atoms with van der Waals surface area (Å²) < 4.78 is 2.24. The van der Waals surface area contributed by atoms with Crippen molar-refractivity contribution in [3.63, 3.8) is 0 Å². The highest BCUT2D eigenvalue weighted by atomic mass is 32.1. The van der Waals surface area contributed by atoms with Gasteiger partial charge in [-0.3, -0.25) is 0 Å². The van der Waals surface area contributed by atoms with E-state index in [1.165, 1.54) is 23.3 Å². The maximum Gasteiger partial charge on any atom is 0.318 e. The zero-order chi connectivity index (χ0) is 18.2. The third kappa shape index (κ3) is 2.96. The minimum Gasteiger partial charge on any atom is -0.335 e. The number of fused-ring (bicyclic) bond motifs is 3. The minimum atomic E-state index is -0.0752. The normalized spacial score (nSPS) is 19.4. The molecule has 1 aliphatic carbocycles. The highest BCUT2D eigenvalue weighted by Gasteiger charge is 2.34. The van der Waals surface area contributed by atoms with E-state index in [-0.39, 0.29) is 12.1 Å². The molecule has 1 N–H and O–H groups in total. The second-order valence-electron chi connectivity index (χ2n) is 7.41. The molecule has 1 aromatic carbocycles. The van der Waals surface area contributed by atoms with Crippen molar-refractivity contribution in [3.05, 3.63) is 76.2 Å². The van der Waals surface area contributed by atoms with Crippen LogP contribution in [0.4, 0.5) is 4.79 Å². The first-order valence-electron chi connectivity index (χ1n) is 9.67. The van der Waals surface area contributed by atoms with Crippen LogP contribution in [0.15, 0.2) is 60.1 Å². The van der Waals surface area contributed by atoms with Crippen molar-refractivity contribution in [2.24, 2.45) is 0 Å². The van der Waals surface area contributed by atoms with E-state index in [0.29, 0.717) is 12.6 Å². The Morgan fingerprint density at radius 2 is 1.89 bits per heavy atom. The average molecular weight is 378 g/mol. The number of carbonyl (C=O) groups is 1. The first kappa shape index (κ1) is 16.6. The Labute approximate surface area is 163 Å². The molecule has 2 amide bonds. The third-order valence-corrected chi connectivity index (χ3v) is 6.65. The van der Waals surface area contributed by atoms with Crippen LogP contribution in [0.5, 0.6) is 0 Å². The Morgan fingerprint density at radius 3 is 2.70 bits per heavy atom. The number of benzene rings is 1. The fourth-order valence-electron chi connectivity index (χ4n) is 4.41. The predicted octanol–water partition coefficient (Wildman–Crippen LogP) is 5.10. The molecule has 0 radical (unpaired) electrons. The van der Waals surface area contributed by atoms with Gasteiger partial charge in [0.2, 0.25) is 0 Å². The molecule has 5 heteroatoms. The molecular formula is C22H23N3OS. The number of rotatable bonds is 2. The van der Waals surface area contributed by atoms with Gasteiger partial charge in [0.25, 0.3) is 0 Å². The lowest BCUT2D eigenvalue weighted by Crippen LogP contribution is -2.45. The van der Waals surface area contributed by atoms with Crippen molar-refractivity contribution in [3.8, 4) is 5.69 Å². The molecule has 2 aromatic heterocycles. The van der Waals surface area contributed by atoms with Crippen molar-refractivity contribution in [1.29, 1.82) is 0 Å². The maximum atomic E-state index is 13.4. The number of hydrogen-bond donors (Lipinski definition) is 1. The van der Waals surface area contributed by atoms with Gasteiger partial charge in [0, 0.05) is 17.1 Å². The van der Waals surface area contributed by atoms with Gasteiger partial charge < -0.3 is 14.8 Å². The first-order valence-corrected chi connectivity index (χ1v) is 10.6. The number of aromatic nitrogens is 1. The summed E-state index contributed by atoms with van der Waals surface area (Å²) in [5, 5.41) is 5.40. The zero-order valence-electron chi connectivity index (χ0n) is 15.2. The Hall–Kier alpha value is -2.53. The summed E-state index contributed by atoms with van der Waals surface area (Å²) in [4.78, 5) is 16.6. The number of thiophene rings is 1. The lowest BCUT2D eigenvalue weighted by atomic mass is 10.1. The van der Waals surface area contributed by atoms with Gasteiger partial charge in [-0.25, -0.2) is 4.79 Å². The molecule has 0 bridgehead atoms. The number of hydrogen-bond acceptors (Lipinski definition) is 2. The molecule has 5 rings (SSSR count). The van der Waals surface area contributed by atoms with E-state index in [9.17, 15) is 4.79 Å². The van der Waals surface area contributed by atoms with Gasteiger partial charge in [0.1, 0.15) is 6.04 Å². The van der Waals surface area contributed by atoms with Crippen molar-refractivity contribution in [2.75, 3.05) is 0 Å². The van der Waals surface area contributed by atoms with Crippen LogP contribution in [0, 0.1) is 0 Å². The predicted molar refractivity (Wildman–Crippen MR) is 108 cm³/mol. The second kappa shape index (κ2) is 6.89. The van der Waals surface area contributed by atoms with Crippen LogP contribution >= 0.6 is 11.3 Å². The van der Waals surface area contributed by atoms with Crippen LogP contribution < -0.4 is 5.32 Å². The largest absolute Gasteiger partial charge is 0.335 e. The number of amides is 2. The molecule has 1 aliphatic heterocycles.